The minimum Gasteiger partial charge on any atom is -0.343 e. The van der Waals surface area contributed by atoms with E-state index < -0.39 is 11.6 Å². The Labute approximate surface area is 120 Å². The number of carbonyl (C=O) groups is 2. The number of piperazine rings is 1. The molecule has 0 bridgehead atoms. The number of hydrogen-bond donors (Lipinski definition) is 1. The summed E-state index contributed by atoms with van der Waals surface area (Å²) in [5.74, 6) is -0.138. The van der Waals surface area contributed by atoms with Gasteiger partial charge in [0.1, 0.15) is 11.6 Å². The van der Waals surface area contributed by atoms with E-state index in [2.05, 4.69) is 31.3 Å². The molecule has 1 saturated heterocycles. The molecule has 4 heteroatoms. The maximum absolute atomic E-state index is 12.4. The number of rotatable bonds is 2. The monoisotopic (exact) mass is 274 g/mol. The lowest BCUT2D eigenvalue weighted by atomic mass is 9.94. The predicted octanol–water partition coefficient (Wildman–Crippen LogP) is 1.93. The molecule has 2 amide bonds. The molecule has 1 heterocycles. The second-order valence-corrected chi connectivity index (χ2v) is 6.10. The third-order valence-electron chi connectivity index (χ3n) is 4.13. The Kier molecular flexibility index (Phi) is 3.59. The van der Waals surface area contributed by atoms with Gasteiger partial charge in [0.25, 0.3) is 0 Å². The Morgan fingerprint density at radius 2 is 1.85 bits per heavy atom. The average Bonchev–Trinajstić information content (AvgIpc) is 2.37. The van der Waals surface area contributed by atoms with Crippen molar-refractivity contribution in [3.05, 3.63) is 34.9 Å². The van der Waals surface area contributed by atoms with E-state index in [1.165, 1.54) is 11.1 Å². The van der Waals surface area contributed by atoms with Crippen LogP contribution in [-0.2, 0) is 16.1 Å². The van der Waals surface area contributed by atoms with Gasteiger partial charge in [0.05, 0.1) is 0 Å². The van der Waals surface area contributed by atoms with Gasteiger partial charge >= 0.3 is 0 Å². The first-order valence-electron chi connectivity index (χ1n) is 6.92. The third kappa shape index (κ3) is 2.42. The van der Waals surface area contributed by atoms with Crippen LogP contribution in [0.4, 0.5) is 0 Å². The van der Waals surface area contributed by atoms with Crippen molar-refractivity contribution in [3.8, 4) is 0 Å². The maximum atomic E-state index is 12.4. The normalized spacial score (nSPS) is 21.9. The van der Waals surface area contributed by atoms with Crippen LogP contribution >= 0.6 is 0 Å². The van der Waals surface area contributed by atoms with Crippen molar-refractivity contribution in [2.45, 2.75) is 52.7 Å². The van der Waals surface area contributed by atoms with Gasteiger partial charge in [-0.05, 0) is 51.3 Å². The SMILES string of the molecule is Cc1ccc(CN2C(=O)C(C)NC(=O)C2(C)C)cc1C. The number of nitrogens with one attached hydrogen (secondary N) is 1. The summed E-state index contributed by atoms with van der Waals surface area (Å²) in [6.45, 7) is 9.87. The van der Waals surface area contributed by atoms with Crippen LogP contribution in [0.5, 0.6) is 0 Å². The smallest absolute Gasteiger partial charge is 0.246 e. The molecule has 1 atom stereocenters. The van der Waals surface area contributed by atoms with Crippen LogP contribution < -0.4 is 5.32 Å². The summed E-state index contributed by atoms with van der Waals surface area (Å²) in [6.07, 6.45) is 0. The van der Waals surface area contributed by atoms with Crippen molar-refractivity contribution in [3.63, 3.8) is 0 Å². The average molecular weight is 274 g/mol. The molecule has 1 aromatic rings. The zero-order valence-corrected chi connectivity index (χ0v) is 12.8. The third-order valence-corrected chi connectivity index (χ3v) is 4.13. The molecule has 2 rings (SSSR count). The molecular formula is C16H22N2O2. The lowest BCUT2D eigenvalue weighted by Gasteiger charge is -2.43. The summed E-state index contributed by atoms with van der Waals surface area (Å²) in [5, 5.41) is 2.73. The molecule has 0 spiro atoms. The second-order valence-electron chi connectivity index (χ2n) is 6.10. The molecule has 1 aliphatic rings. The van der Waals surface area contributed by atoms with Gasteiger partial charge in [0.2, 0.25) is 11.8 Å². The van der Waals surface area contributed by atoms with Crippen molar-refractivity contribution in [1.29, 1.82) is 0 Å². The topological polar surface area (TPSA) is 49.4 Å². The summed E-state index contributed by atoms with van der Waals surface area (Å²) >= 11 is 0. The highest BCUT2D eigenvalue weighted by atomic mass is 16.2. The summed E-state index contributed by atoms with van der Waals surface area (Å²) in [7, 11) is 0. The van der Waals surface area contributed by atoms with Gasteiger partial charge < -0.3 is 10.2 Å². The van der Waals surface area contributed by atoms with Crippen molar-refractivity contribution in [1.82, 2.24) is 10.2 Å². The van der Waals surface area contributed by atoms with Crippen LogP contribution in [-0.4, -0.2) is 28.3 Å². The van der Waals surface area contributed by atoms with E-state index in [0.717, 1.165) is 5.56 Å². The Balaban J connectivity index is 2.31. The first-order chi connectivity index (χ1) is 9.23. The number of benzene rings is 1. The van der Waals surface area contributed by atoms with Gasteiger partial charge in [-0.25, -0.2) is 0 Å². The van der Waals surface area contributed by atoms with Gasteiger partial charge in [0, 0.05) is 6.54 Å². The molecule has 1 unspecified atom stereocenters. The van der Waals surface area contributed by atoms with Crippen LogP contribution in [0.1, 0.15) is 37.5 Å². The van der Waals surface area contributed by atoms with Crippen LogP contribution in [0.25, 0.3) is 0 Å². The van der Waals surface area contributed by atoms with E-state index in [0.29, 0.717) is 6.54 Å². The quantitative estimate of drug-likeness (QED) is 0.896. The zero-order chi connectivity index (χ0) is 15.1. The van der Waals surface area contributed by atoms with E-state index in [4.69, 9.17) is 0 Å². The number of aryl methyl sites for hydroxylation is 2. The highest BCUT2D eigenvalue weighted by molar-refractivity contribution is 5.99. The molecule has 0 aliphatic carbocycles. The molecule has 20 heavy (non-hydrogen) atoms. The van der Waals surface area contributed by atoms with Crippen LogP contribution in [0.2, 0.25) is 0 Å². The Bertz CT molecular complexity index is 564. The Hall–Kier alpha value is -1.84. The predicted molar refractivity (Wildman–Crippen MR) is 78.1 cm³/mol. The van der Waals surface area contributed by atoms with Gasteiger partial charge in [-0.1, -0.05) is 18.2 Å². The Morgan fingerprint density at radius 1 is 1.20 bits per heavy atom. The van der Waals surface area contributed by atoms with Gasteiger partial charge in [0.15, 0.2) is 0 Å². The fourth-order valence-corrected chi connectivity index (χ4v) is 2.43. The standard InChI is InChI=1S/C16H22N2O2/c1-10-6-7-13(8-11(10)2)9-18-14(19)12(3)17-15(20)16(18,4)5/h6-8,12H,9H2,1-5H3,(H,17,20). The maximum Gasteiger partial charge on any atom is 0.246 e. The van der Waals surface area contributed by atoms with E-state index >= 15 is 0 Å². The number of hydrogen-bond acceptors (Lipinski definition) is 2. The van der Waals surface area contributed by atoms with Crippen molar-refractivity contribution >= 4 is 11.8 Å². The number of carbonyl (C=O) groups excluding carboxylic acids is 2. The molecule has 0 radical (unpaired) electrons. The van der Waals surface area contributed by atoms with Crippen LogP contribution in [0, 0.1) is 13.8 Å². The molecule has 1 aromatic carbocycles. The zero-order valence-electron chi connectivity index (χ0n) is 12.8. The van der Waals surface area contributed by atoms with Crippen molar-refractivity contribution < 1.29 is 9.59 Å². The summed E-state index contributed by atoms with van der Waals surface area (Å²) < 4.78 is 0. The molecule has 1 aliphatic heterocycles. The minimum absolute atomic E-state index is 0.0344. The minimum atomic E-state index is -0.817. The highest BCUT2D eigenvalue weighted by Crippen LogP contribution is 2.24. The molecule has 108 valence electrons. The summed E-state index contributed by atoms with van der Waals surface area (Å²) in [5.41, 5.74) is 2.66. The Morgan fingerprint density at radius 3 is 2.45 bits per heavy atom. The van der Waals surface area contributed by atoms with Crippen LogP contribution in [0.15, 0.2) is 18.2 Å². The van der Waals surface area contributed by atoms with Gasteiger partial charge in [-0.2, -0.15) is 0 Å². The lowest BCUT2D eigenvalue weighted by Crippen LogP contribution is -2.67. The summed E-state index contributed by atoms with van der Waals surface area (Å²) in [4.78, 5) is 26.1. The van der Waals surface area contributed by atoms with E-state index in [1.807, 2.05) is 6.07 Å². The summed E-state index contributed by atoms with van der Waals surface area (Å²) in [6, 6.07) is 5.69. The van der Waals surface area contributed by atoms with Crippen molar-refractivity contribution in [2.75, 3.05) is 0 Å². The molecule has 1 fully saturated rings. The number of nitrogens with zero attached hydrogens (tertiary/aromatic N) is 1. The van der Waals surface area contributed by atoms with E-state index in [-0.39, 0.29) is 11.8 Å². The largest absolute Gasteiger partial charge is 0.343 e. The molecule has 1 N–H and O–H groups in total. The molecule has 4 nitrogen and oxygen atoms in total. The highest BCUT2D eigenvalue weighted by Gasteiger charge is 2.44. The molecule has 0 saturated carbocycles. The fourth-order valence-electron chi connectivity index (χ4n) is 2.43. The van der Waals surface area contributed by atoms with Crippen molar-refractivity contribution in [2.24, 2.45) is 0 Å². The first-order valence-corrected chi connectivity index (χ1v) is 6.92. The second kappa shape index (κ2) is 4.93. The van der Waals surface area contributed by atoms with Crippen LogP contribution in [0.3, 0.4) is 0 Å². The van der Waals surface area contributed by atoms with Gasteiger partial charge in [-0.3, -0.25) is 9.59 Å². The fraction of sp³-hybridized carbons (Fsp3) is 0.500. The van der Waals surface area contributed by atoms with E-state index in [1.54, 1.807) is 25.7 Å². The van der Waals surface area contributed by atoms with Gasteiger partial charge in [-0.15, -0.1) is 0 Å². The first kappa shape index (κ1) is 14.6. The van der Waals surface area contributed by atoms with E-state index in [9.17, 15) is 9.59 Å². The number of amides is 2. The molecule has 0 aromatic heterocycles. The molecular weight excluding hydrogens is 252 g/mol. The lowest BCUT2D eigenvalue weighted by molar-refractivity contribution is -0.155.